The fraction of sp³-hybridized carbons (Fsp3) is 0.0811. The van der Waals surface area contributed by atoms with Gasteiger partial charge in [-0.05, 0) is 96.6 Å². The number of benzene rings is 6. The molecule has 0 amide bonds. The normalized spacial score (nSPS) is 13.3. The molecular formula is C37H28. The molecule has 0 bridgehead atoms. The molecule has 6 aromatic carbocycles. The Morgan fingerprint density at radius 1 is 0.514 bits per heavy atom. The van der Waals surface area contributed by atoms with Crippen molar-refractivity contribution in [3.63, 3.8) is 0 Å². The fourth-order valence-corrected chi connectivity index (χ4v) is 6.29. The quantitative estimate of drug-likeness (QED) is 0.224. The summed E-state index contributed by atoms with van der Waals surface area (Å²) < 4.78 is 0. The number of fused-ring (bicyclic) bond motifs is 6. The fourth-order valence-electron chi connectivity index (χ4n) is 6.29. The smallest absolute Gasteiger partial charge is 0.00139 e. The monoisotopic (exact) mass is 472 g/mol. The van der Waals surface area contributed by atoms with Crippen LogP contribution in [0.2, 0.25) is 0 Å². The molecule has 0 heteroatoms. The van der Waals surface area contributed by atoms with Gasteiger partial charge in [-0.25, -0.2) is 0 Å². The third-order valence-corrected chi connectivity index (χ3v) is 7.90. The molecule has 0 heterocycles. The van der Waals surface area contributed by atoms with Crippen LogP contribution in [0.25, 0.3) is 60.5 Å². The van der Waals surface area contributed by atoms with Crippen LogP contribution in [0.5, 0.6) is 0 Å². The van der Waals surface area contributed by atoms with Crippen LogP contribution in [0, 0.1) is 6.92 Å². The van der Waals surface area contributed by atoms with Crippen molar-refractivity contribution in [1.82, 2.24) is 0 Å². The highest BCUT2D eigenvalue weighted by atomic mass is 14.3. The Bertz CT molecular complexity index is 1840. The van der Waals surface area contributed by atoms with E-state index in [1.165, 1.54) is 77.2 Å². The summed E-state index contributed by atoms with van der Waals surface area (Å²) in [7, 11) is 0. The van der Waals surface area contributed by atoms with Crippen LogP contribution in [0.3, 0.4) is 0 Å². The van der Waals surface area contributed by atoms with Gasteiger partial charge in [0.15, 0.2) is 0 Å². The van der Waals surface area contributed by atoms with Crippen molar-refractivity contribution in [3.8, 4) is 33.4 Å². The average Bonchev–Trinajstić information content (AvgIpc) is 3.28. The minimum Gasteiger partial charge on any atom is -0.0763 e. The Labute approximate surface area is 218 Å². The predicted molar refractivity (Wildman–Crippen MR) is 160 cm³/mol. The summed E-state index contributed by atoms with van der Waals surface area (Å²) in [6.07, 6.45) is 3.43. The molecule has 0 fully saturated rings. The highest BCUT2D eigenvalue weighted by molar-refractivity contribution is 6.18. The largest absolute Gasteiger partial charge is 0.0763 e. The molecule has 7 rings (SSSR count). The molecule has 0 N–H and O–H groups in total. The van der Waals surface area contributed by atoms with E-state index in [1.54, 1.807) is 0 Å². The summed E-state index contributed by atoms with van der Waals surface area (Å²) in [5, 5.41) is 5.29. The highest BCUT2D eigenvalue weighted by Gasteiger charge is 2.31. The van der Waals surface area contributed by atoms with Crippen LogP contribution in [0.15, 0.2) is 121 Å². The Balaban J connectivity index is 1.66. The van der Waals surface area contributed by atoms with Gasteiger partial charge >= 0.3 is 0 Å². The third-order valence-electron chi connectivity index (χ3n) is 7.90. The SMILES string of the molecule is CC/C=C1/c2c(-c3ccccc3)ccc(-c3ccccc3)c2-c2cc3c(ccc4ccccc43)c(C)c21. The lowest BCUT2D eigenvalue weighted by Gasteiger charge is -2.15. The van der Waals surface area contributed by atoms with E-state index in [0.717, 1.165) is 6.42 Å². The maximum atomic E-state index is 2.47. The second-order valence-electron chi connectivity index (χ2n) is 9.97. The van der Waals surface area contributed by atoms with Crippen molar-refractivity contribution in [1.29, 1.82) is 0 Å². The first-order valence-electron chi connectivity index (χ1n) is 13.2. The van der Waals surface area contributed by atoms with Gasteiger partial charge in [0.25, 0.3) is 0 Å². The summed E-state index contributed by atoms with van der Waals surface area (Å²) in [6.45, 7) is 4.56. The van der Waals surface area contributed by atoms with Gasteiger partial charge in [0.2, 0.25) is 0 Å². The van der Waals surface area contributed by atoms with Gasteiger partial charge < -0.3 is 0 Å². The third kappa shape index (κ3) is 3.29. The Kier molecular flexibility index (Phi) is 5.08. The average molecular weight is 473 g/mol. The molecule has 37 heavy (non-hydrogen) atoms. The zero-order valence-corrected chi connectivity index (χ0v) is 21.3. The lowest BCUT2D eigenvalue weighted by Crippen LogP contribution is -1.92. The van der Waals surface area contributed by atoms with E-state index >= 15 is 0 Å². The van der Waals surface area contributed by atoms with Crippen LogP contribution < -0.4 is 0 Å². The predicted octanol–water partition coefficient (Wildman–Crippen LogP) is 10.5. The van der Waals surface area contributed by atoms with Crippen LogP contribution in [0.1, 0.15) is 30.0 Å². The van der Waals surface area contributed by atoms with Crippen molar-refractivity contribution in [2.75, 3.05) is 0 Å². The van der Waals surface area contributed by atoms with Gasteiger partial charge in [0.1, 0.15) is 0 Å². The summed E-state index contributed by atoms with van der Waals surface area (Å²) in [6, 6.07) is 42.2. The van der Waals surface area contributed by atoms with Crippen molar-refractivity contribution >= 4 is 27.1 Å². The lowest BCUT2D eigenvalue weighted by atomic mass is 9.88. The van der Waals surface area contributed by atoms with Gasteiger partial charge in [0, 0.05) is 0 Å². The zero-order valence-electron chi connectivity index (χ0n) is 21.3. The van der Waals surface area contributed by atoms with Gasteiger partial charge in [-0.2, -0.15) is 0 Å². The molecule has 0 aromatic heterocycles. The maximum absolute atomic E-state index is 2.47. The van der Waals surface area contributed by atoms with Gasteiger partial charge in [0.05, 0.1) is 0 Å². The van der Waals surface area contributed by atoms with Crippen LogP contribution >= 0.6 is 0 Å². The number of aryl methyl sites for hydroxylation is 1. The van der Waals surface area contributed by atoms with E-state index in [2.05, 4.69) is 135 Å². The standard InChI is InChI=1S/C37H28/c1-3-12-32-35-24(2)28-20-19-27-17-10-11-18-29(27)33(28)23-34(35)37-31(26-15-8-5-9-16-26)22-21-30(36(32)37)25-13-6-4-7-14-25/h4-23H,3H2,1-2H3/b32-12+. The second-order valence-corrected chi connectivity index (χ2v) is 9.97. The van der Waals surface area contributed by atoms with E-state index in [1.807, 2.05) is 0 Å². The molecule has 0 radical (unpaired) electrons. The van der Waals surface area contributed by atoms with Gasteiger partial charge in [-0.15, -0.1) is 0 Å². The van der Waals surface area contributed by atoms with E-state index in [4.69, 9.17) is 0 Å². The van der Waals surface area contributed by atoms with Crippen molar-refractivity contribution in [2.24, 2.45) is 0 Å². The number of allylic oxidation sites excluding steroid dienone is 1. The summed E-state index contributed by atoms with van der Waals surface area (Å²) >= 11 is 0. The Morgan fingerprint density at radius 3 is 1.81 bits per heavy atom. The van der Waals surface area contributed by atoms with Crippen LogP contribution in [0.4, 0.5) is 0 Å². The van der Waals surface area contributed by atoms with Crippen LogP contribution in [-0.4, -0.2) is 0 Å². The zero-order chi connectivity index (χ0) is 24.9. The van der Waals surface area contributed by atoms with E-state index in [0.29, 0.717) is 0 Å². The second kappa shape index (κ2) is 8.61. The molecule has 0 nitrogen and oxygen atoms in total. The number of rotatable bonds is 3. The first kappa shape index (κ1) is 21.8. The first-order chi connectivity index (χ1) is 18.3. The van der Waals surface area contributed by atoms with Crippen molar-refractivity contribution in [2.45, 2.75) is 20.3 Å². The first-order valence-corrected chi connectivity index (χ1v) is 13.2. The molecule has 0 aliphatic heterocycles. The minimum absolute atomic E-state index is 0.993. The van der Waals surface area contributed by atoms with E-state index in [9.17, 15) is 0 Å². The number of hydrogen-bond acceptors (Lipinski definition) is 0. The topological polar surface area (TPSA) is 0 Å². The maximum Gasteiger partial charge on any atom is -0.00139 e. The molecule has 0 atom stereocenters. The Morgan fingerprint density at radius 2 is 1.14 bits per heavy atom. The highest BCUT2D eigenvalue weighted by Crippen LogP contribution is 2.54. The Hall–Kier alpha value is -4.42. The van der Waals surface area contributed by atoms with E-state index in [-0.39, 0.29) is 0 Å². The lowest BCUT2D eigenvalue weighted by molar-refractivity contribution is 1.23. The van der Waals surface area contributed by atoms with E-state index < -0.39 is 0 Å². The van der Waals surface area contributed by atoms with Gasteiger partial charge in [-0.3, -0.25) is 0 Å². The van der Waals surface area contributed by atoms with Crippen LogP contribution in [-0.2, 0) is 0 Å². The molecule has 1 aliphatic rings. The molecule has 176 valence electrons. The van der Waals surface area contributed by atoms with Crippen molar-refractivity contribution < 1.29 is 0 Å². The minimum atomic E-state index is 0.993. The number of hydrogen-bond donors (Lipinski definition) is 0. The summed E-state index contributed by atoms with van der Waals surface area (Å²) in [4.78, 5) is 0. The molecule has 0 saturated carbocycles. The molecule has 6 aromatic rings. The molecule has 1 aliphatic carbocycles. The summed E-state index contributed by atoms with van der Waals surface area (Å²) in [5.41, 5.74) is 13.3. The molecular weight excluding hydrogens is 444 g/mol. The molecule has 0 saturated heterocycles. The molecule has 0 spiro atoms. The molecule has 0 unspecified atom stereocenters. The van der Waals surface area contributed by atoms with Gasteiger partial charge in [-0.1, -0.05) is 122 Å². The van der Waals surface area contributed by atoms with Crippen molar-refractivity contribution in [3.05, 3.63) is 138 Å². The summed E-state index contributed by atoms with van der Waals surface area (Å²) in [5.74, 6) is 0.